The highest BCUT2D eigenvalue weighted by atomic mass is 127. The van der Waals surface area contributed by atoms with E-state index in [1.807, 2.05) is 0 Å². The van der Waals surface area contributed by atoms with Gasteiger partial charge < -0.3 is 10.6 Å². The molecule has 5 heteroatoms. The Morgan fingerprint density at radius 3 is 2.90 bits per heavy atom. The quantitative estimate of drug-likeness (QED) is 0.347. The van der Waals surface area contributed by atoms with E-state index in [9.17, 15) is 0 Å². The number of piperidine rings is 1. The molecule has 0 radical (unpaired) electrons. The minimum Gasteiger partial charge on any atom is -0.370 e. The fraction of sp³-hybridized carbons (Fsp3) is 0.800. The highest BCUT2D eigenvalue weighted by molar-refractivity contribution is 14.0. The van der Waals surface area contributed by atoms with E-state index < -0.39 is 0 Å². The van der Waals surface area contributed by atoms with E-state index in [-0.39, 0.29) is 24.0 Å². The van der Waals surface area contributed by atoms with Crippen LogP contribution in [0.5, 0.6) is 0 Å². The molecule has 2 heterocycles. The number of aliphatic imine (C=N–C) groups is 1. The van der Waals surface area contributed by atoms with Gasteiger partial charge in [0.25, 0.3) is 0 Å². The fourth-order valence-electron chi connectivity index (χ4n) is 2.82. The molecule has 2 aliphatic rings. The zero-order valence-electron chi connectivity index (χ0n) is 12.8. The van der Waals surface area contributed by atoms with Gasteiger partial charge in [0.2, 0.25) is 0 Å². The number of halogens is 1. The van der Waals surface area contributed by atoms with Gasteiger partial charge in [-0.1, -0.05) is 18.6 Å². The number of nitrogens with zero attached hydrogens (tertiary/aromatic N) is 3. The first-order valence-corrected chi connectivity index (χ1v) is 7.58. The number of rotatable bonds is 3. The van der Waals surface area contributed by atoms with Gasteiger partial charge in [-0.2, -0.15) is 0 Å². The SMILES string of the molecule is CC1=CCN(CCN=C(N)N2CCCC(C)C2)CC1.I. The van der Waals surface area contributed by atoms with Gasteiger partial charge in [-0.05, 0) is 32.1 Å². The Kier molecular flexibility index (Phi) is 7.87. The lowest BCUT2D eigenvalue weighted by Crippen LogP contribution is -2.44. The molecule has 0 saturated carbocycles. The Bertz CT molecular complexity index is 354. The highest BCUT2D eigenvalue weighted by Crippen LogP contribution is 2.15. The average molecular weight is 392 g/mol. The zero-order chi connectivity index (χ0) is 13.7. The topological polar surface area (TPSA) is 44.9 Å². The molecule has 0 aliphatic carbocycles. The summed E-state index contributed by atoms with van der Waals surface area (Å²) in [7, 11) is 0. The van der Waals surface area contributed by atoms with Crippen LogP contribution in [0, 0.1) is 5.92 Å². The van der Waals surface area contributed by atoms with Gasteiger partial charge in [-0.15, -0.1) is 24.0 Å². The minimum atomic E-state index is 0. The molecular formula is C15H29IN4. The molecule has 4 nitrogen and oxygen atoms in total. The van der Waals surface area contributed by atoms with Crippen LogP contribution in [0.4, 0.5) is 0 Å². The predicted octanol–water partition coefficient (Wildman–Crippen LogP) is 2.30. The van der Waals surface area contributed by atoms with Crippen LogP contribution in [0.25, 0.3) is 0 Å². The van der Waals surface area contributed by atoms with E-state index >= 15 is 0 Å². The van der Waals surface area contributed by atoms with Gasteiger partial charge in [0.15, 0.2) is 5.96 Å². The summed E-state index contributed by atoms with van der Waals surface area (Å²) in [5.74, 6) is 1.49. The van der Waals surface area contributed by atoms with E-state index in [0.29, 0.717) is 0 Å². The molecule has 0 bridgehead atoms. The zero-order valence-corrected chi connectivity index (χ0v) is 15.2. The van der Waals surface area contributed by atoms with Crippen molar-refractivity contribution in [2.24, 2.45) is 16.6 Å². The van der Waals surface area contributed by atoms with Crippen LogP contribution in [-0.4, -0.2) is 55.0 Å². The number of hydrogen-bond acceptors (Lipinski definition) is 2. The molecule has 1 saturated heterocycles. The Morgan fingerprint density at radius 2 is 2.25 bits per heavy atom. The maximum atomic E-state index is 6.09. The van der Waals surface area contributed by atoms with Crippen molar-refractivity contribution in [1.82, 2.24) is 9.80 Å². The third-order valence-electron chi connectivity index (χ3n) is 4.19. The molecule has 20 heavy (non-hydrogen) atoms. The maximum Gasteiger partial charge on any atom is 0.191 e. The normalized spacial score (nSPS) is 25.1. The van der Waals surface area contributed by atoms with Crippen molar-refractivity contribution in [1.29, 1.82) is 0 Å². The molecule has 116 valence electrons. The van der Waals surface area contributed by atoms with Crippen molar-refractivity contribution in [3.8, 4) is 0 Å². The Labute approximate surface area is 140 Å². The van der Waals surface area contributed by atoms with Gasteiger partial charge >= 0.3 is 0 Å². The third-order valence-corrected chi connectivity index (χ3v) is 4.19. The third kappa shape index (κ3) is 5.60. The number of likely N-dealkylation sites (tertiary alicyclic amines) is 1. The lowest BCUT2D eigenvalue weighted by molar-refractivity contribution is 0.268. The van der Waals surface area contributed by atoms with Gasteiger partial charge in [0, 0.05) is 32.7 Å². The molecule has 0 aromatic heterocycles. The summed E-state index contributed by atoms with van der Waals surface area (Å²) in [5, 5.41) is 0. The Hall–Kier alpha value is -0.300. The minimum absolute atomic E-state index is 0. The van der Waals surface area contributed by atoms with Crippen LogP contribution >= 0.6 is 24.0 Å². The number of hydrogen-bond donors (Lipinski definition) is 1. The summed E-state index contributed by atoms with van der Waals surface area (Å²) in [6.07, 6.45) is 6.09. The standard InChI is InChI=1S/C15H28N4.HI/c1-13-5-9-18(10-6-13)11-7-17-15(16)19-8-3-4-14(2)12-19;/h5,14H,3-4,6-12H2,1-2H3,(H2,16,17);1H. The largest absolute Gasteiger partial charge is 0.370 e. The molecule has 1 unspecified atom stereocenters. The molecule has 2 N–H and O–H groups in total. The lowest BCUT2D eigenvalue weighted by Gasteiger charge is -2.31. The van der Waals surface area contributed by atoms with E-state index in [1.54, 1.807) is 0 Å². The van der Waals surface area contributed by atoms with Crippen LogP contribution in [0.2, 0.25) is 0 Å². The van der Waals surface area contributed by atoms with Crippen molar-refractivity contribution < 1.29 is 0 Å². The summed E-state index contributed by atoms with van der Waals surface area (Å²) >= 11 is 0. The maximum absolute atomic E-state index is 6.09. The molecule has 1 atom stereocenters. The number of nitrogens with two attached hydrogens (primary N) is 1. The molecule has 0 aromatic carbocycles. The van der Waals surface area contributed by atoms with Crippen molar-refractivity contribution in [2.45, 2.75) is 33.1 Å². The van der Waals surface area contributed by atoms with Gasteiger partial charge in [-0.25, -0.2) is 0 Å². The summed E-state index contributed by atoms with van der Waals surface area (Å²) in [6, 6.07) is 0. The van der Waals surface area contributed by atoms with E-state index in [4.69, 9.17) is 5.73 Å². The van der Waals surface area contributed by atoms with Gasteiger partial charge in [0.05, 0.1) is 6.54 Å². The van der Waals surface area contributed by atoms with Crippen molar-refractivity contribution in [3.05, 3.63) is 11.6 Å². The monoisotopic (exact) mass is 392 g/mol. The highest BCUT2D eigenvalue weighted by Gasteiger charge is 2.17. The summed E-state index contributed by atoms with van der Waals surface area (Å²) in [4.78, 5) is 9.24. The number of guanidine groups is 1. The van der Waals surface area contributed by atoms with Crippen molar-refractivity contribution in [2.75, 3.05) is 39.3 Å². The smallest absolute Gasteiger partial charge is 0.191 e. The van der Waals surface area contributed by atoms with Crippen LogP contribution in [0.15, 0.2) is 16.6 Å². The van der Waals surface area contributed by atoms with Crippen molar-refractivity contribution >= 4 is 29.9 Å². The van der Waals surface area contributed by atoms with Crippen LogP contribution in [-0.2, 0) is 0 Å². The summed E-state index contributed by atoms with van der Waals surface area (Å²) in [5.41, 5.74) is 7.61. The van der Waals surface area contributed by atoms with Gasteiger partial charge in [0.1, 0.15) is 0 Å². The predicted molar refractivity (Wildman–Crippen MR) is 96.7 cm³/mol. The fourth-order valence-corrected chi connectivity index (χ4v) is 2.82. The second-order valence-electron chi connectivity index (χ2n) is 6.03. The van der Waals surface area contributed by atoms with Gasteiger partial charge in [-0.3, -0.25) is 9.89 Å². The van der Waals surface area contributed by atoms with Crippen LogP contribution in [0.3, 0.4) is 0 Å². The first-order valence-electron chi connectivity index (χ1n) is 7.58. The second kappa shape index (κ2) is 8.87. The molecule has 0 spiro atoms. The second-order valence-corrected chi connectivity index (χ2v) is 6.03. The van der Waals surface area contributed by atoms with Crippen molar-refractivity contribution in [3.63, 3.8) is 0 Å². The molecule has 0 amide bonds. The van der Waals surface area contributed by atoms with E-state index in [2.05, 4.69) is 34.7 Å². The first-order chi connectivity index (χ1) is 9.15. The average Bonchev–Trinajstić information content (AvgIpc) is 2.41. The molecule has 0 aromatic rings. The van der Waals surface area contributed by atoms with Crippen LogP contribution in [0.1, 0.15) is 33.1 Å². The Balaban J connectivity index is 0.00000200. The molecule has 2 aliphatic heterocycles. The van der Waals surface area contributed by atoms with E-state index in [0.717, 1.165) is 44.6 Å². The molecule has 1 fully saturated rings. The molecule has 2 rings (SSSR count). The summed E-state index contributed by atoms with van der Waals surface area (Å²) in [6.45, 7) is 10.7. The first kappa shape index (κ1) is 17.8. The lowest BCUT2D eigenvalue weighted by atomic mass is 10.0. The molecular weight excluding hydrogens is 363 g/mol. The van der Waals surface area contributed by atoms with Crippen LogP contribution < -0.4 is 5.73 Å². The Morgan fingerprint density at radius 1 is 1.45 bits per heavy atom. The summed E-state index contributed by atoms with van der Waals surface area (Å²) < 4.78 is 0. The van der Waals surface area contributed by atoms with E-state index in [1.165, 1.54) is 31.4 Å².